The lowest BCUT2D eigenvalue weighted by molar-refractivity contribution is -0.141. The number of rotatable bonds is 2. The number of hydrogen-bond acceptors (Lipinski definition) is 2. The van der Waals surface area contributed by atoms with Crippen LogP contribution in [0.4, 0.5) is 13.2 Å². The van der Waals surface area contributed by atoms with Crippen LogP contribution < -0.4 is 10.4 Å². The summed E-state index contributed by atoms with van der Waals surface area (Å²) in [6.45, 7) is 10.9. The highest BCUT2D eigenvalue weighted by molar-refractivity contribution is 5.91. The molecule has 0 N–H and O–H groups in total. The first-order valence-corrected chi connectivity index (χ1v) is 10.2. The molecule has 0 unspecified atom stereocenters. The Hall–Kier alpha value is -2.37. The van der Waals surface area contributed by atoms with E-state index in [9.17, 15) is 13.2 Å². The summed E-state index contributed by atoms with van der Waals surface area (Å²) in [7, 11) is 3.26. The van der Waals surface area contributed by atoms with Crippen LogP contribution in [0.1, 0.15) is 70.0 Å². The van der Waals surface area contributed by atoms with Crippen LogP contribution in [0.5, 0.6) is 0 Å². The van der Waals surface area contributed by atoms with Crippen LogP contribution in [0.3, 0.4) is 0 Å². The van der Waals surface area contributed by atoms with Gasteiger partial charge in [0.1, 0.15) is 0 Å². The van der Waals surface area contributed by atoms with E-state index in [2.05, 4.69) is 49.9 Å². The molecule has 0 spiro atoms. The fourth-order valence-corrected chi connectivity index (χ4v) is 4.34. The van der Waals surface area contributed by atoms with Crippen LogP contribution in [0, 0.1) is 0 Å². The molecule has 0 amide bonds. The highest BCUT2D eigenvalue weighted by Gasteiger charge is 2.37. The lowest BCUT2D eigenvalue weighted by atomic mass is 9.63. The molecular weight excluding hydrogens is 387 g/mol. The number of halogens is 3. The Labute approximate surface area is 176 Å². The zero-order chi connectivity index (χ0) is 22.5. The van der Waals surface area contributed by atoms with Crippen molar-refractivity contribution in [2.24, 2.45) is 12.0 Å². The lowest BCUT2D eigenvalue weighted by Crippen LogP contribution is -2.39. The molecule has 0 saturated carbocycles. The van der Waals surface area contributed by atoms with E-state index >= 15 is 0 Å². The summed E-state index contributed by atoms with van der Waals surface area (Å²) >= 11 is 0. The first kappa shape index (κ1) is 22.3. The van der Waals surface area contributed by atoms with Crippen molar-refractivity contribution < 1.29 is 13.2 Å². The van der Waals surface area contributed by atoms with Crippen LogP contribution >= 0.6 is 0 Å². The van der Waals surface area contributed by atoms with E-state index in [1.54, 1.807) is 20.3 Å². The van der Waals surface area contributed by atoms with Gasteiger partial charge in [0.2, 0.25) is 0 Å². The highest BCUT2D eigenvalue weighted by atomic mass is 19.4. The number of aromatic nitrogens is 2. The molecule has 3 rings (SSSR count). The summed E-state index contributed by atoms with van der Waals surface area (Å²) in [5, 5.41) is 5.56. The van der Waals surface area contributed by atoms with Crippen molar-refractivity contribution in [2.75, 3.05) is 7.05 Å². The van der Waals surface area contributed by atoms with Crippen molar-refractivity contribution in [3.8, 4) is 0 Å². The minimum Gasteiger partial charge on any atom is -0.296 e. The Morgan fingerprint density at radius 2 is 1.63 bits per heavy atom. The molecule has 30 heavy (non-hydrogen) atoms. The monoisotopic (exact) mass is 417 g/mol. The number of hydrogen-bond donors (Lipinski definition) is 0. The molecule has 0 fully saturated rings. The molecule has 162 valence electrons. The van der Waals surface area contributed by atoms with Gasteiger partial charge in [0.25, 0.3) is 0 Å². The van der Waals surface area contributed by atoms with Gasteiger partial charge < -0.3 is 0 Å². The van der Waals surface area contributed by atoms with Crippen LogP contribution in [0.15, 0.2) is 23.2 Å². The summed E-state index contributed by atoms with van der Waals surface area (Å²) in [4.78, 5) is 4.08. The van der Waals surface area contributed by atoms with Crippen molar-refractivity contribution in [3.63, 3.8) is 0 Å². The van der Waals surface area contributed by atoms with Gasteiger partial charge in [-0.1, -0.05) is 33.8 Å². The average molecular weight is 418 g/mol. The standard InChI is InChI=1S/C24H30F3N3/c1-15(20-14-21(24(25,26)27)29-30(20)7)17-13-19-18(12-16(17)8-11-28-6)22(2,3)9-10-23(19,4)5/h8,11-14H,9-10H2,1-7H3/b16-8-,17-15+,28-11?. The Balaban J connectivity index is 2.41. The summed E-state index contributed by atoms with van der Waals surface area (Å²) in [6.07, 6.45) is 1.34. The molecule has 0 atom stereocenters. The lowest BCUT2D eigenvalue weighted by Gasteiger charge is -2.42. The zero-order valence-electron chi connectivity index (χ0n) is 18.8. The van der Waals surface area contributed by atoms with E-state index in [1.807, 2.05) is 13.0 Å². The predicted octanol–water partition coefficient (Wildman–Crippen LogP) is 4.49. The van der Waals surface area contributed by atoms with Gasteiger partial charge in [-0.05, 0) is 75.9 Å². The maximum atomic E-state index is 13.2. The zero-order valence-corrected chi connectivity index (χ0v) is 18.8. The molecule has 1 aromatic heterocycles. The number of fused-ring (bicyclic) bond motifs is 1. The second-order valence-corrected chi connectivity index (χ2v) is 9.49. The van der Waals surface area contributed by atoms with E-state index in [1.165, 1.54) is 15.8 Å². The molecule has 2 aromatic rings. The van der Waals surface area contributed by atoms with Crippen LogP contribution in [-0.4, -0.2) is 23.0 Å². The second-order valence-electron chi connectivity index (χ2n) is 9.49. The van der Waals surface area contributed by atoms with Crippen LogP contribution in [-0.2, 0) is 24.1 Å². The molecule has 0 bridgehead atoms. The van der Waals surface area contributed by atoms with Gasteiger partial charge in [-0.15, -0.1) is 0 Å². The van der Waals surface area contributed by atoms with E-state index in [0.29, 0.717) is 5.69 Å². The normalized spacial score (nSPS) is 19.9. The van der Waals surface area contributed by atoms with Crippen molar-refractivity contribution >= 4 is 17.9 Å². The maximum absolute atomic E-state index is 13.2. The molecule has 0 radical (unpaired) electrons. The maximum Gasteiger partial charge on any atom is 0.435 e. The first-order chi connectivity index (χ1) is 13.8. The smallest absolute Gasteiger partial charge is 0.296 e. The van der Waals surface area contributed by atoms with Crippen molar-refractivity contribution in [1.82, 2.24) is 9.78 Å². The summed E-state index contributed by atoms with van der Waals surface area (Å²) in [5.74, 6) is 0. The van der Waals surface area contributed by atoms with Gasteiger partial charge in [0, 0.05) is 20.3 Å². The Morgan fingerprint density at radius 3 is 2.13 bits per heavy atom. The number of benzene rings is 1. The molecule has 6 heteroatoms. The molecule has 3 nitrogen and oxygen atoms in total. The third kappa shape index (κ3) is 3.96. The van der Waals surface area contributed by atoms with Gasteiger partial charge in [0.05, 0.1) is 5.69 Å². The van der Waals surface area contributed by atoms with Crippen LogP contribution in [0.25, 0.3) is 11.6 Å². The number of nitrogens with zero attached hydrogens (tertiary/aromatic N) is 3. The highest BCUT2D eigenvalue weighted by Crippen LogP contribution is 2.44. The molecule has 0 aliphatic heterocycles. The van der Waals surface area contributed by atoms with Gasteiger partial charge in [-0.25, -0.2) is 0 Å². The summed E-state index contributed by atoms with van der Waals surface area (Å²) in [5.41, 5.74) is 2.94. The number of aryl methyl sites for hydroxylation is 1. The number of aliphatic imine (C=N–C) groups is 1. The van der Waals surface area contributed by atoms with E-state index in [0.717, 1.165) is 34.9 Å². The van der Waals surface area contributed by atoms with Gasteiger partial charge in [-0.2, -0.15) is 18.3 Å². The molecule has 1 aliphatic rings. The third-order valence-corrected chi connectivity index (χ3v) is 6.38. The average Bonchev–Trinajstić information content (AvgIpc) is 3.05. The Bertz CT molecular complexity index is 1120. The SMILES string of the molecule is CN=C/C=c1/cc2c(c/c1=C(/C)c1cc(C(F)(F)F)nn1C)C(C)(C)CCC2(C)C. The van der Waals surface area contributed by atoms with Gasteiger partial charge in [-0.3, -0.25) is 9.67 Å². The fourth-order valence-electron chi connectivity index (χ4n) is 4.34. The van der Waals surface area contributed by atoms with E-state index in [-0.39, 0.29) is 10.8 Å². The minimum absolute atomic E-state index is 0.000841. The predicted molar refractivity (Wildman–Crippen MR) is 116 cm³/mol. The van der Waals surface area contributed by atoms with E-state index in [4.69, 9.17) is 0 Å². The largest absolute Gasteiger partial charge is 0.435 e. The quantitative estimate of drug-likeness (QED) is 0.663. The van der Waals surface area contributed by atoms with Crippen molar-refractivity contribution in [1.29, 1.82) is 0 Å². The van der Waals surface area contributed by atoms with Crippen LogP contribution in [0.2, 0.25) is 0 Å². The molecule has 1 aromatic carbocycles. The Morgan fingerprint density at radius 1 is 1.07 bits per heavy atom. The molecule has 0 saturated heterocycles. The molecule has 1 heterocycles. The Kier molecular flexibility index (Phi) is 5.50. The topological polar surface area (TPSA) is 30.2 Å². The third-order valence-electron chi connectivity index (χ3n) is 6.38. The summed E-state index contributed by atoms with van der Waals surface area (Å²) < 4.78 is 40.9. The summed E-state index contributed by atoms with van der Waals surface area (Å²) in [6, 6.07) is 5.49. The van der Waals surface area contributed by atoms with Gasteiger partial charge in [0.15, 0.2) is 5.69 Å². The van der Waals surface area contributed by atoms with Crippen molar-refractivity contribution in [3.05, 3.63) is 51.2 Å². The van der Waals surface area contributed by atoms with Gasteiger partial charge >= 0.3 is 6.18 Å². The van der Waals surface area contributed by atoms with Crippen molar-refractivity contribution in [2.45, 2.75) is 64.5 Å². The fraction of sp³-hybridized carbons (Fsp3) is 0.500. The molecular formula is C24H30F3N3. The minimum atomic E-state index is -4.47. The second kappa shape index (κ2) is 7.40. The first-order valence-electron chi connectivity index (χ1n) is 10.2. The number of alkyl halides is 3. The van der Waals surface area contributed by atoms with E-state index < -0.39 is 11.9 Å². The molecule has 1 aliphatic carbocycles.